The number of aromatic nitrogens is 5. The van der Waals surface area contributed by atoms with Gasteiger partial charge in [-0.2, -0.15) is 10.2 Å². The first-order valence-corrected chi connectivity index (χ1v) is 11.8. The number of aryl methyl sites for hydroxylation is 2. The van der Waals surface area contributed by atoms with Gasteiger partial charge in [0.15, 0.2) is 0 Å². The number of hydrogen-bond acceptors (Lipinski definition) is 5. The monoisotopic (exact) mass is 466 g/mol. The molecular weight excluding hydrogens is 440 g/mol. The molecule has 0 bridgehead atoms. The molecule has 1 saturated heterocycles. The minimum Gasteiger partial charge on any atom is -0.481 e. The molecule has 0 aliphatic carbocycles. The lowest BCUT2D eigenvalue weighted by Crippen LogP contribution is -2.21. The van der Waals surface area contributed by atoms with Crippen molar-refractivity contribution < 1.29 is 9.90 Å². The molecule has 4 heterocycles. The van der Waals surface area contributed by atoms with Gasteiger partial charge in [-0.05, 0) is 43.0 Å². The van der Waals surface area contributed by atoms with Crippen LogP contribution in [0.4, 0.5) is 5.82 Å². The molecule has 1 N–H and O–H groups in total. The minimum atomic E-state index is -0.737. The number of aliphatic carboxylic acids is 1. The summed E-state index contributed by atoms with van der Waals surface area (Å²) in [4.78, 5) is 18.0. The van der Waals surface area contributed by atoms with Gasteiger partial charge < -0.3 is 10.0 Å². The smallest absolute Gasteiger partial charge is 0.303 e. The molecule has 176 valence electrons. The van der Waals surface area contributed by atoms with Crippen molar-refractivity contribution in [3.05, 3.63) is 66.5 Å². The number of carboxylic acids is 1. The van der Waals surface area contributed by atoms with Crippen molar-refractivity contribution in [1.82, 2.24) is 24.5 Å². The van der Waals surface area contributed by atoms with Crippen LogP contribution in [0.2, 0.25) is 0 Å². The predicted molar refractivity (Wildman–Crippen MR) is 136 cm³/mol. The fraction of sp³-hybridized carbons (Fsp3) is 0.259. The van der Waals surface area contributed by atoms with Crippen LogP contribution in [0, 0.1) is 12.8 Å². The summed E-state index contributed by atoms with van der Waals surface area (Å²) in [5.74, 6) is 0.304. The number of para-hydroxylation sites is 1. The summed E-state index contributed by atoms with van der Waals surface area (Å²) >= 11 is 0. The number of hydrogen-bond donors (Lipinski definition) is 1. The zero-order chi connectivity index (χ0) is 24.1. The van der Waals surface area contributed by atoms with Crippen LogP contribution in [0.15, 0.2) is 60.9 Å². The quantitative estimate of drug-likeness (QED) is 0.408. The van der Waals surface area contributed by atoms with Crippen LogP contribution in [-0.2, 0) is 11.8 Å². The molecule has 2 aromatic carbocycles. The first-order valence-electron chi connectivity index (χ1n) is 11.8. The molecule has 0 amide bonds. The number of rotatable bonds is 5. The lowest BCUT2D eigenvalue weighted by Gasteiger charge is -2.17. The molecule has 8 heteroatoms. The Kier molecular flexibility index (Phi) is 5.02. The maximum Gasteiger partial charge on any atom is 0.303 e. The highest BCUT2D eigenvalue weighted by Crippen LogP contribution is 2.35. The van der Waals surface area contributed by atoms with Gasteiger partial charge in [0.2, 0.25) is 0 Å². The van der Waals surface area contributed by atoms with E-state index in [9.17, 15) is 4.79 Å². The van der Waals surface area contributed by atoms with Gasteiger partial charge in [-0.1, -0.05) is 30.3 Å². The number of fused-ring (bicyclic) bond motifs is 2. The Labute approximate surface area is 202 Å². The molecular formula is C27H26N6O2. The third-order valence-electron chi connectivity index (χ3n) is 6.87. The fourth-order valence-corrected chi connectivity index (χ4v) is 5.23. The second-order valence-corrected chi connectivity index (χ2v) is 9.35. The average molecular weight is 467 g/mol. The van der Waals surface area contributed by atoms with Crippen LogP contribution < -0.4 is 4.90 Å². The molecule has 0 spiro atoms. The van der Waals surface area contributed by atoms with E-state index in [1.165, 1.54) is 0 Å². The summed E-state index contributed by atoms with van der Waals surface area (Å²) < 4.78 is 3.81. The molecule has 5 aromatic rings. The minimum absolute atomic E-state index is 0.171. The van der Waals surface area contributed by atoms with Gasteiger partial charge in [0.05, 0.1) is 22.9 Å². The van der Waals surface area contributed by atoms with E-state index in [1.807, 2.05) is 53.1 Å². The summed E-state index contributed by atoms with van der Waals surface area (Å²) in [6, 6.07) is 16.5. The molecule has 35 heavy (non-hydrogen) atoms. The van der Waals surface area contributed by atoms with Crippen molar-refractivity contribution in [2.75, 3.05) is 18.0 Å². The Morgan fingerprint density at radius 2 is 1.94 bits per heavy atom. The van der Waals surface area contributed by atoms with E-state index in [2.05, 4.69) is 41.2 Å². The Morgan fingerprint density at radius 3 is 2.74 bits per heavy atom. The van der Waals surface area contributed by atoms with Crippen LogP contribution in [-0.4, -0.2) is 48.7 Å². The van der Waals surface area contributed by atoms with Crippen molar-refractivity contribution in [2.24, 2.45) is 13.0 Å². The zero-order valence-electron chi connectivity index (χ0n) is 19.7. The number of pyridine rings is 1. The normalized spacial score (nSPS) is 15.9. The topological polar surface area (TPSA) is 89.1 Å². The van der Waals surface area contributed by atoms with E-state index in [1.54, 1.807) is 0 Å². The molecule has 1 aliphatic heterocycles. The Bertz CT molecular complexity index is 1570. The van der Waals surface area contributed by atoms with Gasteiger partial charge in [0.25, 0.3) is 0 Å². The van der Waals surface area contributed by atoms with Gasteiger partial charge in [-0.3, -0.25) is 9.48 Å². The summed E-state index contributed by atoms with van der Waals surface area (Å²) in [6.07, 6.45) is 4.98. The predicted octanol–water partition coefficient (Wildman–Crippen LogP) is 4.58. The van der Waals surface area contributed by atoms with Crippen molar-refractivity contribution in [3.63, 3.8) is 0 Å². The van der Waals surface area contributed by atoms with Gasteiger partial charge in [0.1, 0.15) is 11.5 Å². The first-order chi connectivity index (χ1) is 17.0. The van der Waals surface area contributed by atoms with Gasteiger partial charge in [-0.15, -0.1) is 0 Å². The molecule has 3 aromatic heterocycles. The van der Waals surface area contributed by atoms with Gasteiger partial charge in [-0.25, -0.2) is 9.67 Å². The maximum atomic E-state index is 11.1. The molecule has 1 atom stereocenters. The molecule has 1 unspecified atom stereocenters. The second-order valence-electron chi connectivity index (χ2n) is 9.35. The number of benzene rings is 2. The van der Waals surface area contributed by atoms with Crippen molar-refractivity contribution in [1.29, 1.82) is 0 Å². The van der Waals surface area contributed by atoms with E-state index < -0.39 is 5.97 Å². The van der Waals surface area contributed by atoms with E-state index >= 15 is 0 Å². The largest absolute Gasteiger partial charge is 0.481 e. The molecule has 1 fully saturated rings. The summed E-state index contributed by atoms with van der Waals surface area (Å²) in [5, 5.41) is 20.9. The Morgan fingerprint density at radius 1 is 1.09 bits per heavy atom. The molecule has 8 nitrogen and oxygen atoms in total. The van der Waals surface area contributed by atoms with Crippen LogP contribution >= 0.6 is 0 Å². The number of carboxylic acid groups (broad SMARTS) is 1. The van der Waals surface area contributed by atoms with Crippen LogP contribution in [0.5, 0.6) is 0 Å². The zero-order valence-corrected chi connectivity index (χ0v) is 19.7. The van der Waals surface area contributed by atoms with Crippen LogP contribution in [0.25, 0.3) is 38.8 Å². The molecule has 0 radical (unpaired) electrons. The molecule has 6 rings (SSSR count). The van der Waals surface area contributed by atoms with Crippen LogP contribution in [0.3, 0.4) is 0 Å². The lowest BCUT2D eigenvalue weighted by atomic mass is 10.0. The van der Waals surface area contributed by atoms with Crippen molar-refractivity contribution in [3.8, 4) is 16.9 Å². The number of carbonyl (C=O) groups is 1. The summed E-state index contributed by atoms with van der Waals surface area (Å²) in [6.45, 7) is 3.65. The average Bonchev–Trinajstić information content (AvgIpc) is 3.55. The van der Waals surface area contributed by atoms with Crippen molar-refractivity contribution >= 4 is 33.6 Å². The standard InChI is InChI=1S/C27H26N6O2/c1-17-5-3-7-21-26(20-6-4-8-23-22(20)16-31(2)29-23)30-33(27(17)21)19-9-10-24(28-14-19)32-12-11-18(15-32)13-25(34)35/h3-10,14,16,18H,11-13,15H2,1-2H3,(H,34,35). The number of anilines is 1. The van der Waals surface area contributed by atoms with E-state index in [0.29, 0.717) is 0 Å². The third-order valence-corrected chi connectivity index (χ3v) is 6.87. The van der Waals surface area contributed by atoms with E-state index in [0.717, 1.165) is 69.6 Å². The third kappa shape index (κ3) is 3.71. The van der Waals surface area contributed by atoms with Gasteiger partial charge in [0, 0.05) is 49.1 Å². The number of nitrogens with zero attached hydrogens (tertiary/aromatic N) is 6. The molecule has 1 aliphatic rings. The first kappa shape index (κ1) is 21.3. The highest BCUT2D eigenvalue weighted by molar-refractivity contribution is 6.03. The SMILES string of the molecule is Cc1cccc2c(-c3cccc4nn(C)cc34)nn(-c3ccc(N4CCC(CC(=O)O)C4)nc3)c12. The second kappa shape index (κ2) is 8.23. The fourth-order valence-electron chi connectivity index (χ4n) is 5.23. The Hall–Kier alpha value is -4.20. The maximum absolute atomic E-state index is 11.1. The lowest BCUT2D eigenvalue weighted by molar-refractivity contribution is -0.137. The molecule has 0 saturated carbocycles. The van der Waals surface area contributed by atoms with Crippen molar-refractivity contribution in [2.45, 2.75) is 19.8 Å². The van der Waals surface area contributed by atoms with E-state index in [-0.39, 0.29) is 12.3 Å². The van der Waals surface area contributed by atoms with E-state index in [4.69, 9.17) is 15.2 Å². The Balaban J connectivity index is 1.41. The van der Waals surface area contributed by atoms with Crippen LogP contribution in [0.1, 0.15) is 18.4 Å². The highest BCUT2D eigenvalue weighted by Gasteiger charge is 2.25. The highest BCUT2D eigenvalue weighted by atomic mass is 16.4. The van der Waals surface area contributed by atoms with Gasteiger partial charge >= 0.3 is 5.97 Å². The summed E-state index contributed by atoms with van der Waals surface area (Å²) in [5.41, 5.74) is 6.00. The summed E-state index contributed by atoms with van der Waals surface area (Å²) in [7, 11) is 1.93.